The fourth-order valence-electron chi connectivity index (χ4n) is 1.89. The van der Waals surface area contributed by atoms with E-state index in [0.717, 1.165) is 5.56 Å². The minimum Gasteiger partial charge on any atom is -0.379 e. The Morgan fingerprint density at radius 1 is 1.53 bits per heavy atom. The molecule has 0 amide bonds. The number of carbonyl (C=O) groups excluding carboxylic acids is 1. The maximum absolute atomic E-state index is 12.9. The van der Waals surface area contributed by atoms with Crippen LogP contribution in [-0.2, 0) is 16.0 Å². The second-order valence-corrected chi connectivity index (χ2v) is 5.04. The molecule has 0 radical (unpaired) electrons. The van der Waals surface area contributed by atoms with Gasteiger partial charge in [-0.25, -0.2) is 4.39 Å². The standard InChI is InChI=1S/C12H13BrFNO2/c13-10-4-8(14)2-1-7(10)3-12(16)9-5-17-6-11(9)15/h1-2,4,9,11H,3,5-6,15H2. The van der Waals surface area contributed by atoms with Gasteiger partial charge in [-0.15, -0.1) is 0 Å². The predicted molar refractivity (Wildman–Crippen MR) is 65.1 cm³/mol. The van der Waals surface area contributed by atoms with Crippen molar-refractivity contribution >= 4 is 21.7 Å². The van der Waals surface area contributed by atoms with Gasteiger partial charge in [-0.2, -0.15) is 0 Å². The summed E-state index contributed by atoms with van der Waals surface area (Å²) in [7, 11) is 0. The summed E-state index contributed by atoms with van der Waals surface area (Å²) in [4.78, 5) is 12.0. The Balaban J connectivity index is 2.07. The summed E-state index contributed by atoms with van der Waals surface area (Å²) >= 11 is 3.24. The summed E-state index contributed by atoms with van der Waals surface area (Å²) in [5.74, 6) is -0.525. The highest BCUT2D eigenvalue weighted by Gasteiger charge is 2.31. The molecule has 2 N–H and O–H groups in total. The van der Waals surface area contributed by atoms with Gasteiger partial charge in [-0.3, -0.25) is 4.79 Å². The summed E-state index contributed by atoms with van der Waals surface area (Å²) in [5, 5.41) is 0. The molecule has 92 valence electrons. The lowest BCUT2D eigenvalue weighted by Gasteiger charge is -2.12. The summed E-state index contributed by atoms with van der Waals surface area (Å²) < 4.78 is 18.7. The SMILES string of the molecule is NC1COCC1C(=O)Cc1ccc(F)cc1Br. The molecule has 1 aliphatic rings. The van der Waals surface area contributed by atoms with Crippen LogP contribution in [0.5, 0.6) is 0 Å². The van der Waals surface area contributed by atoms with Crippen LogP contribution in [0.15, 0.2) is 22.7 Å². The lowest BCUT2D eigenvalue weighted by molar-refractivity contribution is -0.122. The highest BCUT2D eigenvalue weighted by molar-refractivity contribution is 9.10. The highest BCUT2D eigenvalue weighted by Crippen LogP contribution is 2.21. The van der Waals surface area contributed by atoms with E-state index in [9.17, 15) is 9.18 Å². The van der Waals surface area contributed by atoms with Crippen molar-refractivity contribution in [2.24, 2.45) is 11.7 Å². The maximum Gasteiger partial charge on any atom is 0.144 e. The molecular weight excluding hydrogens is 289 g/mol. The first-order valence-electron chi connectivity index (χ1n) is 5.38. The minimum atomic E-state index is -0.325. The number of ketones is 1. The Labute approximate surface area is 107 Å². The number of nitrogens with two attached hydrogens (primary N) is 1. The second kappa shape index (κ2) is 5.25. The summed E-state index contributed by atoms with van der Waals surface area (Å²) in [6.07, 6.45) is 0.253. The molecule has 0 saturated carbocycles. The van der Waals surface area contributed by atoms with Crippen LogP contribution < -0.4 is 5.73 Å². The first kappa shape index (κ1) is 12.7. The Bertz CT molecular complexity index is 439. The first-order chi connectivity index (χ1) is 8.08. The van der Waals surface area contributed by atoms with Crippen LogP contribution in [-0.4, -0.2) is 25.0 Å². The normalized spacial score (nSPS) is 23.9. The van der Waals surface area contributed by atoms with Crippen LogP contribution >= 0.6 is 15.9 Å². The summed E-state index contributed by atoms with van der Waals surface area (Å²) in [6, 6.07) is 4.09. The van der Waals surface area contributed by atoms with E-state index in [1.54, 1.807) is 6.07 Å². The van der Waals surface area contributed by atoms with Gasteiger partial charge in [0.2, 0.25) is 0 Å². The molecule has 1 aliphatic heterocycles. The van der Waals surface area contributed by atoms with Crippen LogP contribution in [0.1, 0.15) is 5.56 Å². The average Bonchev–Trinajstić information content (AvgIpc) is 2.68. The second-order valence-electron chi connectivity index (χ2n) is 4.19. The monoisotopic (exact) mass is 301 g/mol. The number of carbonyl (C=O) groups is 1. The number of hydrogen-bond donors (Lipinski definition) is 1. The quantitative estimate of drug-likeness (QED) is 0.924. The van der Waals surface area contributed by atoms with Gasteiger partial charge in [0.05, 0.1) is 19.1 Å². The molecule has 2 atom stereocenters. The van der Waals surface area contributed by atoms with Gasteiger partial charge in [0.15, 0.2) is 0 Å². The maximum atomic E-state index is 12.9. The van der Waals surface area contributed by atoms with Crippen LogP contribution in [0.25, 0.3) is 0 Å². The van der Waals surface area contributed by atoms with Crippen LogP contribution in [0.3, 0.4) is 0 Å². The van der Waals surface area contributed by atoms with Gasteiger partial charge < -0.3 is 10.5 Å². The zero-order valence-electron chi connectivity index (χ0n) is 9.16. The van der Waals surface area contributed by atoms with Crippen molar-refractivity contribution < 1.29 is 13.9 Å². The Hall–Kier alpha value is -0.780. The third-order valence-electron chi connectivity index (χ3n) is 2.92. The van der Waals surface area contributed by atoms with Crippen molar-refractivity contribution in [3.05, 3.63) is 34.1 Å². The first-order valence-corrected chi connectivity index (χ1v) is 6.17. The molecule has 2 rings (SSSR count). The third kappa shape index (κ3) is 2.91. The van der Waals surface area contributed by atoms with E-state index in [1.165, 1.54) is 12.1 Å². The fraction of sp³-hybridized carbons (Fsp3) is 0.417. The lowest BCUT2D eigenvalue weighted by atomic mass is 9.94. The van der Waals surface area contributed by atoms with Gasteiger partial charge in [-0.05, 0) is 17.7 Å². The molecule has 2 unspecified atom stereocenters. The van der Waals surface area contributed by atoms with E-state index in [1.807, 2.05) is 0 Å². The Morgan fingerprint density at radius 3 is 2.88 bits per heavy atom. The molecule has 0 spiro atoms. The number of halogens is 2. The van der Waals surface area contributed by atoms with Crippen molar-refractivity contribution in [1.82, 2.24) is 0 Å². The average molecular weight is 302 g/mol. The van der Waals surface area contributed by atoms with Crippen molar-refractivity contribution in [2.45, 2.75) is 12.5 Å². The van der Waals surface area contributed by atoms with E-state index in [2.05, 4.69) is 15.9 Å². The van der Waals surface area contributed by atoms with Gasteiger partial charge in [0, 0.05) is 16.9 Å². The number of Topliss-reactive ketones (excluding diaryl/α,β-unsaturated/α-hetero) is 1. The number of ether oxygens (including phenoxy) is 1. The van der Waals surface area contributed by atoms with Crippen LogP contribution in [0, 0.1) is 11.7 Å². The van der Waals surface area contributed by atoms with Crippen molar-refractivity contribution in [3.63, 3.8) is 0 Å². The molecule has 0 aromatic heterocycles. The fourth-order valence-corrected chi connectivity index (χ4v) is 2.38. The highest BCUT2D eigenvalue weighted by atomic mass is 79.9. The Kier molecular flexibility index (Phi) is 3.91. The summed E-state index contributed by atoms with van der Waals surface area (Å²) in [6.45, 7) is 0.819. The molecule has 1 heterocycles. The molecule has 1 fully saturated rings. The lowest BCUT2D eigenvalue weighted by Crippen LogP contribution is -2.34. The number of benzene rings is 1. The van der Waals surface area contributed by atoms with E-state index in [4.69, 9.17) is 10.5 Å². The van der Waals surface area contributed by atoms with Crippen LogP contribution in [0.4, 0.5) is 4.39 Å². The van der Waals surface area contributed by atoms with Crippen molar-refractivity contribution in [3.8, 4) is 0 Å². The molecule has 3 nitrogen and oxygen atoms in total. The van der Waals surface area contributed by atoms with Gasteiger partial charge in [0.1, 0.15) is 11.6 Å². The largest absolute Gasteiger partial charge is 0.379 e. The molecule has 0 aliphatic carbocycles. The number of hydrogen-bond acceptors (Lipinski definition) is 3. The molecule has 0 bridgehead atoms. The minimum absolute atomic E-state index is 0.0438. The zero-order chi connectivity index (χ0) is 12.4. The van der Waals surface area contributed by atoms with E-state index in [-0.39, 0.29) is 30.0 Å². The number of rotatable bonds is 3. The Morgan fingerprint density at radius 2 is 2.29 bits per heavy atom. The summed E-state index contributed by atoms with van der Waals surface area (Å²) in [5.41, 5.74) is 6.55. The van der Waals surface area contributed by atoms with Crippen molar-refractivity contribution in [2.75, 3.05) is 13.2 Å². The molecule has 1 aromatic carbocycles. The van der Waals surface area contributed by atoms with Gasteiger partial charge in [-0.1, -0.05) is 22.0 Å². The van der Waals surface area contributed by atoms with E-state index < -0.39 is 0 Å². The van der Waals surface area contributed by atoms with E-state index >= 15 is 0 Å². The molecular formula is C12H13BrFNO2. The molecule has 17 heavy (non-hydrogen) atoms. The zero-order valence-corrected chi connectivity index (χ0v) is 10.7. The van der Waals surface area contributed by atoms with Gasteiger partial charge >= 0.3 is 0 Å². The predicted octanol–water partition coefficient (Wildman–Crippen LogP) is 1.67. The molecule has 1 aromatic rings. The third-order valence-corrected chi connectivity index (χ3v) is 3.66. The van der Waals surface area contributed by atoms with Crippen molar-refractivity contribution in [1.29, 1.82) is 0 Å². The van der Waals surface area contributed by atoms with Gasteiger partial charge in [0.25, 0.3) is 0 Å². The van der Waals surface area contributed by atoms with E-state index in [0.29, 0.717) is 17.7 Å². The molecule has 5 heteroatoms. The topological polar surface area (TPSA) is 52.3 Å². The smallest absolute Gasteiger partial charge is 0.144 e. The molecule has 1 saturated heterocycles. The van der Waals surface area contributed by atoms with Crippen LogP contribution in [0.2, 0.25) is 0 Å².